The highest BCUT2D eigenvalue weighted by Gasteiger charge is 2.34. The molecule has 1 aliphatic heterocycles. The lowest BCUT2D eigenvalue weighted by Gasteiger charge is -2.25. The summed E-state index contributed by atoms with van der Waals surface area (Å²) >= 11 is 11.4. The molecule has 0 radical (unpaired) electrons. The molecule has 0 bridgehead atoms. The van der Waals surface area contributed by atoms with E-state index in [-0.39, 0.29) is 12.2 Å². The van der Waals surface area contributed by atoms with Crippen molar-refractivity contribution in [1.82, 2.24) is 4.57 Å². The maximum Gasteiger partial charge on any atom is 0.338 e. The van der Waals surface area contributed by atoms with E-state index in [0.29, 0.717) is 31.2 Å². The molecule has 34 heavy (non-hydrogen) atoms. The molecule has 2 aromatic carbocycles. The quantitative estimate of drug-likeness (QED) is 0.437. The van der Waals surface area contributed by atoms with Crippen LogP contribution in [0.3, 0.4) is 0 Å². The van der Waals surface area contributed by atoms with E-state index >= 15 is 0 Å². The van der Waals surface area contributed by atoms with Crippen LogP contribution < -0.4 is 19.8 Å². The molecule has 0 amide bonds. The molecule has 0 aliphatic carbocycles. The first-order valence-electron chi connectivity index (χ1n) is 10.6. The average molecular weight is 561 g/mol. The number of esters is 1. The predicted octanol–water partition coefficient (Wildman–Crippen LogP) is 4.28. The lowest BCUT2D eigenvalue weighted by molar-refractivity contribution is -0.139. The van der Waals surface area contributed by atoms with Crippen molar-refractivity contribution in [2.75, 3.05) is 25.6 Å². The summed E-state index contributed by atoms with van der Waals surface area (Å²) in [5, 5.41) is 0.460. The van der Waals surface area contributed by atoms with Gasteiger partial charge in [0.2, 0.25) is 0 Å². The smallest absolute Gasteiger partial charge is 0.338 e. The van der Waals surface area contributed by atoms with E-state index in [0.717, 1.165) is 15.7 Å². The minimum Gasteiger partial charge on any atom is -0.463 e. The van der Waals surface area contributed by atoms with Crippen molar-refractivity contribution in [2.45, 2.75) is 19.9 Å². The molecule has 1 aliphatic rings. The van der Waals surface area contributed by atoms with Crippen molar-refractivity contribution in [2.24, 2.45) is 4.99 Å². The lowest BCUT2D eigenvalue weighted by Crippen LogP contribution is -2.40. The van der Waals surface area contributed by atoms with Crippen molar-refractivity contribution in [3.05, 3.63) is 94.0 Å². The molecule has 1 unspecified atom stereocenters. The highest BCUT2D eigenvalue weighted by molar-refractivity contribution is 9.10. The molecule has 0 N–H and O–H groups in total. The summed E-state index contributed by atoms with van der Waals surface area (Å²) in [5.74, 6) is -0.508. The molecule has 3 aromatic rings. The highest BCUT2D eigenvalue weighted by Crippen LogP contribution is 2.34. The molecule has 176 valence electrons. The minimum atomic E-state index is -0.728. The summed E-state index contributed by atoms with van der Waals surface area (Å²) in [7, 11) is 3.94. The van der Waals surface area contributed by atoms with Crippen molar-refractivity contribution >= 4 is 56.6 Å². The summed E-state index contributed by atoms with van der Waals surface area (Å²) in [6.45, 7) is 3.71. The number of allylic oxidation sites excluding steroid dienone is 1. The Morgan fingerprint density at radius 1 is 1.29 bits per heavy atom. The van der Waals surface area contributed by atoms with Gasteiger partial charge in [-0.25, -0.2) is 9.79 Å². The van der Waals surface area contributed by atoms with Gasteiger partial charge in [-0.15, -0.1) is 0 Å². The molecular weight excluding hydrogens is 538 g/mol. The van der Waals surface area contributed by atoms with Gasteiger partial charge in [-0.1, -0.05) is 47.2 Å². The van der Waals surface area contributed by atoms with Crippen LogP contribution in [0.25, 0.3) is 6.08 Å². The van der Waals surface area contributed by atoms with Crippen LogP contribution in [0.5, 0.6) is 0 Å². The van der Waals surface area contributed by atoms with Gasteiger partial charge < -0.3 is 9.64 Å². The molecule has 0 spiro atoms. The van der Waals surface area contributed by atoms with Crippen LogP contribution in [0.15, 0.2) is 68.0 Å². The number of ether oxygens (including phenoxy) is 1. The molecule has 4 rings (SSSR count). The first kappa shape index (κ1) is 24.4. The second-order valence-corrected chi connectivity index (χ2v) is 10.2. The molecular formula is C25H23BrClN3O3S. The number of halogens is 2. The fourth-order valence-corrected chi connectivity index (χ4v) is 5.95. The van der Waals surface area contributed by atoms with Crippen molar-refractivity contribution in [3.8, 4) is 0 Å². The second-order valence-electron chi connectivity index (χ2n) is 7.93. The molecule has 0 fully saturated rings. The number of carbonyl (C=O) groups is 1. The van der Waals surface area contributed by atoms with Crippen molar-refractivity contribution in [3.63, 3.8) is 0 Å². The number of nitrogens with zero attached hydrogens (tertiary/aromatic N) is 3. The number of aromatic nitrogens is 1. The number of hydrogen-bond acceptors (Lipinski definition) is 6. The maximum atomic E-state index is 13.7. The van der Waals surface area contributed by atoms with E-state index in [4.69, 9.17) is 16.3 Å². The zero-order valence-corrected chi connectivity index (χ0v) is 22.3. The molecule has 6 nitrogen and oxygen atoms in total. The Kier molecular flexibility index (Phi) is 7.12. The fourth-order valence-electron chi connectivity index (χ4n) is 3.91. The number of carbonyl (C=O) groups excluding carboxylic acids is 1. The number of hydrogen-bond donors (Lipinski definition) is 0. The number of anilines is 1. The summed E-state index contributed by atoms with van der Waals surface area (Å²) in [5.41, 5.74) is 3.13. The second kappa shape index (κ2) is 9.90. The third-order valence-electron chi connectivity index (χ3n) is 5.47. The standard InChI is InChI=1S/C25H23BrClN3O3S/c1-5-33-24(32)21-14(2)28-25-30(22(21)16-8-6-7-9-18(16)27)23(31)20(34-25)13-15-10-11-19(29(3)4)17(26)12-15/h6-13,22H,5H2,1-4H3/b20-13-. The summed E-state index contributed by atoms with van der Waals surface area (Å²) in [6, 6.07) is 12.4. The van der Waals surface area contributed by atoms with Crippen LogP contribution >= 0.6 is 38.9 Å². The molecule has 0 saturated carbocycles. The molecule has 9 heteroatoms. The maximum absolute atomic E-state index is 13.7. The topological polar surface area (TPSA) is 63.9 Å². The first-order chi connectivity index (χ1) is 16.2. The zero-order valence-electron chi connectivity index (χ0n) is 19.1. The molecule has 1 atom stereocenters. The van der Waals surface area contributed by atoms with Gasteiger partial charge in [0.05, 0.1) is 28.1 Å². The highest BCUT2D eigenvalue weighted by atomic mass is 79.9. The summed E-state index contributed by atoms with van der Waals surface area (Å²) in [6.07, 6.45) is 1.83. The Hall–Kier alpha value is -2.68. The van der Waals surface area contributed by atoms with Crippen molar-refractivity contribution < 1.29 is 9.53 Å². The third-order valence-corrected chi connectivity index (χ3v) is 7.43. The van der Waals surface area contributed by atoms with Crippen LogP contribution in [-0.4, -0.2) is 31.2 Å². The third kappa shape index (κ3) is 4.50. The zero-order chi connectivity index (χ0) is 24.6. The van der Waals surface area contributed by atoms with Crippen LogP contribution in [0.4, 0.5) is 5.69 Å². The van der Waals surface area contributed by atoms with E-state index in [1.807, 2.05) is 61.5 Å². The number of rotatable bonds is 5. The van der Waals surface area contributed by atoms with Crippen LogP contribution in [0.2, 0.25) is 5.02 Å². The Morgan fingerprint density at radius 2 is 2.03 bits per heavy atom. The van der Waals surface area contributed by atoms with Gasteiger partial charge in [0.25, 0.3) is 5.56 Å². The Balaban J connectivity index is 1.94. The number of thiazole rings is 1. The van der Waals surface area contributed by atoms with Crippen LogP contribution in [0, 0.1) is 0 Å². The molecule has 2 heterocycles. The number of benzene rings is 2. The van der Waals surface area contributed by atoms with Crippen LogP contribution in [-0.2, 0) is 9.53 Å². The van der Waals surface area contributed by atoms with Gasteiger partial charge in [0.1, 0.15) is 6.04 Å². The average Bonchev–Trinajstić information content (AvgIpc) is 3.07. The van der Waals surface area contributed by atoms with E-state index in [1.54, 1.807) is 24.5 Å². The minimum absolute atomic E-state index is 0.215. The number of fused-ring (bicyclic) bond motifs is 1. The van der Waals surface area contributed by atoms with E-state index < -0.39 is 12.0 Å². The Morgan fingerprint density at radius 3 is 2.68 bits per heavy atom. The largest absolute Gasteiger partial charge is 0.463 e. The van der Waals surface area contributed by atoms with E-state index in [1.165, 1.54) is 11.3 Å². The first-order valence-corrected chi connectivity index (χ1v) is 12.6. The monoisotopic (exact) mass is 559 g/mol. The molecule has 0 saturated heterocycles. The van der Waals surface area contributed by atoms with Gasteiger partial charge >= 0.3 is 5.97 Å². The van der Waals surface area contributed by atoms with Gasteiger partial charge in [0.15, 0.2) is 4.80 Å². The van der Waals surface area contributed by atoms with Gasteiger partial charge in [-0.3, -0.25) is 9.36 Å². The normalized spacial score (nSPS) is 15.7. The summed E-state index contributed by atoms with van der Waals surface area (Å²) < 4.78 is 8.29. The lowest BCUT2D eigenvalue weighted by atomic mass is 9.96. The van der Waals surface area contributed by atoms with Gasteiger partial charge in [0, 0.05) is 23.6 Å². The van der Waals surface area contributed by atoms with Crippen LogP contribution in [0.1, 0.15) is 31.0 Å². The SMILES string of the molecule is CCOC(=O)C1=C(C)N=c2s/c(=C\c3ccc(N(C)C)c(Br)c3)c(=O)n2C1c1ccccc1Cl. The van der Waals surface area contributed by atoms with E-state index in [9.17, 15) is 9.59 Å². The van der Waals surface area contributed by atoms with Crippen molar-refractivity contribution in [1.29, 1.82) is 0 Å². The predicted molar refractivity (Wildman–Crippen MR) is 140 cm³/mol. The Bertz CT molecular complexity index is 1490. The van der Waals surface area contributed by atoms with Gasteiger partial charge in [-0.05, 0) is 65.2 Å². The van der Waals surface area contributed by atoms with Gasteiger partial charge in [-0.2, -0.15) is 0 Å². The summed E-state index contributed by atoms with van der Waals surface area (Å²) in [4.78, 5) is 33.7. The van der Waals surface area contributed by atoms with E-state index in [2.05, 4.69) is 20.9 Å². The fraction of sp³-hybridized carbons (Fsp3) is 0.240. The molecule has 1 aromatic heterocycles. The Labute approximate surface area is 214 Å².